The maximum atomic E-state index is 12.1. The Bertz CT molecular complexity index is 519. The molecule has 0 unspecified atom stereocenters. The van der Waals surface area contributed by atoms with E-state index in [2.05, 4.69) is 30.2 Å². The Morgan fingerprint density at radius 2 is 2.00 bits per heavy atom. The summed E-state index contributed by atoms with van der Waals surface area (Å²) in [6.45, 7) is 6.96. The first-order valence-electron chi connectivity index (χ1n) is 6.69. The van der Waals surface area contributed by atoms with Crippen molar-refractivity contribution in [2.45, 2.75) is 38.0 Å². The van der Waals surface area contributed by atoms with Crippen LogP contribution in [0.25, 0.3) is 0 Å². The number of halogens is 1. The van der Waals surface area contributed by atoms with E-state index < -0.39 is 0 Å². The van der Waals surface area contributed by atoms with E-state index in [0.29, 0.717) is 18.4 Å². The van der Waals surface area contributed by atoms with Crippen LogP contribution in [0.1, 0.15) is 43.7 Å². The Balaban J connectivity index is 0.00000133. The lowest BCUT2D eigenvalue weighted by molar-refractivity contribution is 0.283. The van der Waals surface area contributed by atoms with Gasteiger partial charge in [-0.2, -0.15) is 0 Å². The molecule has 1 saturated heterocycles. The van der Waals surface area contributed by atoms with Crippen LogP contribution in [-0.2, 0) is 5.41 Å². The average molecular weight is 285 g/mol. The summed E-state index contributed by atoms with van der Waals surface area (Å²) in [5.74, 6) is 1.05. The summed E-state index contributed by atoms with van der Waals surface area (Å²) in [5.41, 5.74) is 2.11. The number of nitrogens with one attached hydrogen (secondary N) is 2. The normalized spacial score (nSPS) is 21.4. The molecule has 5 heteroatoms. The van der Waals surface area contributed by atoms with Crippen LogP contribution in [0.2, 0.25) is 0 Å². The first kappa shape index (κ1) is 14.4. The van der Waals surface area contributed by atoms with Gasteiger partial charge in [-0.1, -0.05) is 13.8 Å². The molecule has 106 valence electrons. The molecule has 0 amide bonds. The quantitative estimate of drug-likeness (QED) is 0.829. The van der Waals surface area contributed by atoms with Gasteiger partial charge in [-0.05, 0) is 37.9 Å². The summed E-state index contributed by atoms with van der Waals surface area (Å²) >= 11 is 0. The van der Waals surface area contributed by atoms with Gasteiger partial charge in [0.1, 0.15) is 0 Å². The van der Waals surface area contributed by atoms with Gasteiger partial charge in [-0.15, -0.1) is 12.4 Å². The summed E-state index contributed by atoms with van der Waals surface area (Å²) < 4.78 is 5.57. The summed E-state index contributed by atoms with van der Waals surface area (Å²) in [5, 5.41) is 3.34. The van der Waals surface area contributed by atoms with E-state index in [-0.39, 0.29) is 23.4 Å². The number of aromatic amines is 1. The third-order valence-corrected chi connectivity index (χ3v) is 4.12. The van der Waals surface area contributed by atoms with Crippen molar-refractivity contribution >= 4 is 12.4 Å². The number of hydrogen-bond donors (Lipinski definition) is 2. The lowest BCUT2D eigenvalue weighted by Gasteiger charge is -2.23. The van der Waals surface area contributed by atoms with Crippen LogP contribution in [0.5, 0.6) is 5.88 Å². The van der Waals surface area contributed by atoms with Gasteiger partial charge in [-0.3, -0.25) is 9.78 Å². The fraction of sp³-hybridized carbons (Fsp3) is 0.643. The molecular formula is C14H21ClN2O2. The molecule has 2 aliphatic rings. The van der Waals surface area contributed by atoms with Gasteiger partial charge in [0.05, 0.1) is 6.61 Å². The second-order valence-corrected chi connectivity index (χ2v) is 5.99. The van der Waals surface area contributed by atoms with Crippen LogP contribution >= 0.6 is 12.4 Å². The van der Waals surface area contributed by atoms with E-state index in [9.17, 15) is 4.79 Å². The summed E-state index contributed by atoms with van der Waals surface area (Å²) in [7, 11) is 0. The van der Waals surface area contributed by atoms with Gasteiger partial charge in [0.2, 0.25) is 0 Å². The molecule has 0 atom stereocenters. The predicted octanol–water partition coefficient (Wildman–Crippen LogP) is 1.93. The second kappa shape index (κ2) is 5.17. The van der Waals surface area contributed by atoms with Crippen LogP contribution in [0.15, 0.2) is 10.9 Å². The molecule has 0 bridgehead atoms. The molecule has 0 radical (unpaired) electrons. The molecule has 0 spiro atoms. The van der Waals surface area contributed by atoms with E-state index in [1.165, 1.54) is 0 Å². The monoisotopic (exact) mass is 284 g/mol. The Kier molecular flexibility index (Phi) is 3.92. The molecule has 1 aromatic heterocycles. The maximum Gasteiger partial charge on any atom is 0.254 e. The van der Waals surface area contributed by atoms with Crippen molar-refractivity contribution in [3.05, 3.63) is 27.5 Å². The number of H-pyrrole nitrogens is 1. The topological polar surface area (TPSA) is 54.1 Å². The van der Waals surface area contributed by atoms with Crippen LogP contribution in [0.3, 0.4) is 0 Å². The highest BCUT2D eigenvalue weighted by atomic mass is 35.5. The van der Waals surface area contributed by atoms with Gasteiger partial charge in [0.15, 0.2) is 5.88 Å². The number of rotatable bonds is 1. The fourth-order valence-corrected chi connectivity index (χ4v) is 2.91. The summed E-state index contributed by atoms with van der Waals surface area (Å²) in [4.78, 5) is 15.0. The third kappa shape index (κ3) is 2.51. The number of fused-ring (bicyclic) bond motifs is 1. The van der Waals surface area contributed by atoms with Crippen LogP contribution in [0.4, 0.5) is 0 Å². The molecule has 0 aliphatic carbocycles. The van der Waals surface area contributed by atoms with Crippen molar-refractivity contribution < 1.29 is 4.74 Å². The van der Waals surface area contributed by atoms with Gasteiger partial charge < -0.3 is 10.1 Å². The minimum absolute atomic E-state index is 0. The van der Waals surface area contributed by atoms with E-state index >= 15 is 0 Å². The molecular weight excluding hydrogens is 264 g/mol. The maximum absolute atomic E-state index is 12.1. The molecule has 4 nitrogen and oxygen atoms in total. The molecule has 0 saturated carbocycles. The summed E-state index contributed by atoms with van der Waals surface area (Å²) in [6, 6.07) is 2.08. The molecule has 2 aliphatic heterocycles. The first-order valence-corrected chi connectivity index (χ1v) is 6.69. The lowest BCUT2D eigenvalue weighted by Crippen LogP contribution is -2.30. The van der Waals surface area contributed by atoms with E-state index in [4.69, 9.17) is 4.74 Å². The van der Waals surface area contributed by atoms with Gasteiger partial charge in [0, 0.05) is 16.5 Å². The van der Waals surface area contributed by atoms with Crippen molar-refractivity contribution in [2.75, 3.05) is 19.7 Å². The highest BCUT2D eigenvalue weighted by Crippen LogP contribution is 2.37. The molecule has 1 fully saturated rings. The zero-order chi connectivity index (χ0) is 12.8. The van der Waals surface area contributed by atoms with Gasteiger partial charge in [0.25, 0.3) is 5.56 Å². The lowest BCUT2D eigenvalue weighted by atomic mass is 9.84. The minimum Gasteiger partial charge on any atom is -0.478 e. The zero-order valence-corrected chi connectivity index (χ0v) is 12.2. The number of ether oxygens (including phenoxy) is 1. The van der Waals surface area contributed by atoms with E-state index in [1.807, 2.05) is 0 Å². The van der Waals surface area contributed by atoms with Crippen molar-refractivity contribution in [3.63, 3.8) is 0 Å². The zero-order valence-electron chi connectivity index (χ0n) is 11.4. The average Bonchev–Trinajstić information content (AvgIpc) is 2.65. The number of piperidine rings is 1. The second-order valence-electron chi connectivity index (χ2n) is 5.99. The Morgan fingerprint density at radius 3 is 2.68 bits per heavy atom. The number of aromatic nitrogens is 1. The number of pyridine rings is 1. The minimum atomic E-state index is 0. The highest BCUT2D eigenvalue weighted by molar-refractivity contribution is 5.85. The van der Waals surface area contributed by atoms with Crippen molar-refractivity contribution in [2.24, 2.45) is 0 Å². The molecule has 19 heavy (non-hydrogen) atoms. The van der Waals surface area contributed by atoms with Crippen molar-refractivity contribution in [3.8, 4) is 5.88 Å². The Labute approximate surface area is 119 Å². The smallest absolute Gasteiger partial charge is 0.254 e. The fourth-order valence-electron chi connectivity index (χ4n) is 2.91. The number of hydrogen-bond acceptors (Lipinski definition) is 3. The van der Waals surface area contributed by atoms with E-state index in [0.717, 1.165) is 37.1 Å². The van der Waals surface area contributed by atoms with Crippen LogP contribution < -0.4 is 15.6 Å². The van der Waals surface area contributed by atoms with Crippen molar-refractivity contribution in [1.29, 1.82) is 0 Å². The standard InChI is InChI=1S/C14H20N2O2.ClH/c1-14(2)8-18-13-11(14)7-10(12(17)16-13)9-3-5-15-6-4-9;/h7,9,15H,3-6,8H2,1-2H3,(H,16,17);1H. The predicted molar refractivity (Wildman–Crippen MR) is 77.7 cm³/mol. The first-order chi connectivity index (χ1) is 8.58. The Hall–Kier alpha value is -1.00. The molecule has 0 aromatic carbocycles. The largest absolute Gasteiger partial charge is 0.478 e. The summed E-state index contributed by atoms with van der Waals surface area (Å²) in [6.07, 6.45) is 2.09. The van der Waals surface area contributed by atoms with E-state index in [1.54, 1.807) is 0 Å². The molecule has 2 N–H and O–H groups in total. The highest BCUT2D eigenvalue weighted by Gasteiger charge is 2.34. The molecule has 3 heterocycles. The SMILES string of the molecule is CC1(C)COc2[nH]c(=O)c(C3CCNCC3)cc21.Cl. The molecule has 1 aromatic rings. The molecule has 3 rings (SSSR count). The van der Waals surface area contributed by atoms with Gasteiger partial charge >= 0.3 is 0 Å². The van der Waals surface area contributed by atoms with Crippen molar-refractivity contribution in [1.82, 2.24) is 10.3 Å². The third-order valence-electron chi connectivity index (χ3n) is 4.12. The van der Waals surface area contributed by atoms with Gasteiger partial charge in [-0.25, -0.2) is 0 Å². The Morgan fingerprint density at radius 1 is 1.32 bits per heavy atom. The van der Waals surface area contributed by atoms with Crippen LogP contribution in [-0.4, -0.2) is 24.7 Å². The van der Waals surface area contributed by atoms with Crippen LogP contribution in [0, 0.1) is 0 Å².